The number of hydrogen-bond acceptors (Lipinski definition) is 0. The molecule has 0 aromatic heterocycles. The van der Waals surface area contributed by atoms with Crippen LogP contribution >= 0.6 is 7.92 Å². The van der Waals surface area contributed by atoms with Crippen LogP contribution in [0.3, 0.4) is 0 Å². The van der Waals surface area contributed by atoms with Crippen LogP contribution in [0.4, 0.5) is 0 Å². The second-order valence-electron chi connectivity index (χ2n) is 6.83. The monoisotopic (exact) mass is 360 g/mol. The summed E-state index contributed by atoms with van der Waals surface area (Å²) in [5.74, 6) is 0. The van der Waals surface area contributed by atoms with Gasteiger partial charge >= 0.3 is 0 Å². The highest BCUT2D eigenvalue weighted by molar-refractivity contribution is 7.73. The molecule has 0 aliphatic carbocycles. The zero-order valence-corrected chi connectivity index (χ0v) is 16.5. The summed E-state index contributed by atoms with van der Waals surface area (Å²) < 4.78 is 0. The molecule has 0 N–H and O–H groups in total. The molecule has 1 heteroatoms. The van der Waals surface area contributed by atoms with Crippen molar-refractivity contribution in [1.29, 1.82) is 0 Å². The van der Waals surface area contributed by atoms with Crippen LogP contribution in [-0.2, 0) is 6.42 Å². The van der Waals surface area contributed by atoms with Crippen LogP contribution in [0.25, 0.3) is 0 Å². The van der Waals surface area contributed by atoms with Crippen LogP contribution in [0.15, 0.2) is 91.0 Å². The molecule has 0 unspecified atom stereocenters. The summed E-state index contributed by atoms with van der Waals surface area (Å²) in [5, 5.41) is 3.02. The standard InChI is InChI=1S/C25H29P/c1(2-7-15-23-16-8-4-9-17-23)3-14-22-26(24-18-10-5-11-19-24)25-20-12-6-13-21-25/h4-6,8-13,16-21H,1-3,7,14-15,22H2. The zero-order chi connectivity index (χ0) is 17.9. The first-order valence-corrected chi connectivity index (χ1v) is 11.4. The lowest BCUT2D eigenvalue weighted by Crippen LogP contribution is -2.13. The minimum Gasteiger partial charge on any atom is -0.0622 e. The molecule has 0 amide bonds. The Balaban J connectivity index is 1.42. The summed E-state index contributed by atoms with van der Waals surface area (Å²) >= 11 is 0. The quantitative estimate of drug-likeness (QED) is 0.293. The molecule has 26 heavy (non-hydrogen) atoms. The van der Waals surface area contributed by atoms with Gasteiger partial charge in [-0.2, -0.15) is 0 Å². The van der Waals surface area contributed by atoms with Crippen LogP contribution < -0.4 is 10.6 Å². The second-order valence-corrected chi connectivity index (χ2v) is 9.16. The predicted octanol–water partition coefficient (Wildman–Crippen LogP) is 6.31. The summed E-state index contributed by atoms with van der Waals surface area (Å²) in [7, 11) is -0.212. The van der Waals surface area contributed by atoms with Crippen molar-refractivity contribution in [2.45, 2.75) is 38.5 Å². The molecule has 0 saturated carbocycles. The van der Waals surface area contributed by atoms with Gasteiger partial charge in [0.15, 0.2) is 0 Å². The van der Waals surface area contributed by atoms with E-state index in [1.165, 1.54) is 60.9 Å². The number of aryl methyl sites for hydroxylation is 1. The van der Waals surface area contributed by atoms with Gasteiger partial charge in [-0.15, -0.1) is 0 Å². The van der Waals surface area contributed by atoms with Gasteiger partial charge in [0.05, 0.1) is 0 Å². The Morgan fingerprint density at radius 2 is 0.923 bits per heavy atom. The highest BCUT2D eigenvalue weighted by Crippen LogP contribution is 2.34. The first-order valence-electron chi connectivity index (χ1n) is 9.85. The van der Waals surface area contributed by atoms with E-state index in [0.29, 0.717) is 0 Å². The first-order chi connectivity index (χ1) is 12.9. The molecule has 0 fully saturated rings. The molecule has 0 heterocycles. The van der Waals surface area contributed by atoms with Gasteiger partial charge in [-0.3, -0.25) is 0 Å². The maximum Gasteiger partial charge on any atom is -0.0195 e. The maximum atomic E-state index is 2.30. The van der Waals surface area contributed by atoms with Crippen molar-refractivity contribution in [3.05, 3.63) is 96.6 Å². The Hall–Kier alpha value is -1.91. The van der Waals surface area contributed by atoms with Crippen LogP contribution in [0, 0.1) is 0 Å². The lowest BCUT2D eigenvalue weighted by atomic mass is 10.1. The van der Waals surface area contributed by atoms with Crippen molar-refractivity contribution in [1.82, 2.24) is 0 Å². The number of rotatable bonds is 10. The number of hydrogen-bond donors (Lipinski definition) is 0. The Labute approximate surface area is 160 Å². The van der Waals surface area contributed by atoms with Gasteiger partial charge in [0.1, 0.15) is 0 Å². The Bertz CT molecular complexity index is 682. The van der Waals surface area contributed by atoms with Gasteiger partial charge in [-0.1, -0.05) is 110 Å². The summed E-state index contributed by atoms with van der Waals surface area (Å²) in [6.45, 7) is 0. The molecule has 0 spiro atoms. The fourth-order valence-electron chi connectivity index (χ4n) is 3.40. The average molecular weight is 360 g/mol. The number of benzene rings is 3. The summed E-state index contributed by atoms with van der Waals surface area (Å²) in [4.78, 5) is 0. The van der Waals surface area contributed by atoms with E-state index in [2.05, 4.69) is 91.0 Å². The average Bonchev–Trinajstić information content (AvgIpc) is 2.72. The van der Waals surface area contributed by atoms with Gasteiger partial charge in [-0.05, 0) is 49.5 Å². The normalized spacial score (nSPS) is 11.0. The molecule has 3 rings (SSSR count). The van der Waals surface area contributed by atoms with Crippen molar-refractivity contribution in [2.24, 2.45) is 0 Å². The Kier molecular flexibility index (Phi) is 7.94. The smallest absolute Gasteiger partial charge is 0.0195 e. The largest absolute Gasteiger partial charge is 0.0622 e. The van der Waals surface area contributed by atoms with E-state index in [1.807, 2.05) is 0 Å². The molecular formula is C25H29P. The third-order valence-corrected chi connectivity index (χ3v) is 7.43. The van der Waals surface area contributed by atoms with Crippen LogP contribution in [-0.4, -0.2) is 6.16 Å². The van der Waals surface area contributed by atoms with E-state index >= 15 is 0 Å². The van der Waals surface area contributed by atoms with Crippen molar-refractivity contribution in [3.63, 3.8) is 0 Å². The highest BCUT2D eigenvalue weighted by atomic mass is 31.1. The lowest BCUT2D eigenvalue weighted by Gasteiger charge is -2.18. The van der Waals surface area contributed by atoms with E-state index in [4.69, 9.17) is 0 Å². The van der Waals surface area contributed by atoms with Gasteiger partial charge in [0.25, 0.3) is 0 Å². The minimum absolute atomic E-state index is 0.212. The fourth-order valence-corrected chi connectivity index (χ4v) is 5.82. The summed E-state index contributed by atoms with van der Waals surface area (Å²) in [5.41, 5.74) is 1.48. The third kappa shape index (κ3) is 6.11. The molecule has 0 aliphatic heterocycles. The lowest BCUT2D eigenvalue weighted by molar-refractivity contribution is 0.634. The van der Waals surface area contributed by atoms with E-state index in [-0.39, 0.29) is 7.92 Å². The fraction of sp³-hybridized carbons (Fsp3) is 0.280. The molecule has 0 radical (unpaired) electrons. The zero-order valence-electron chi connectivity index (χ0n) is 15.6. The van der Waals surface area contributed by atoms with Gasteiger partial charge in [0.2, 0.25) is 0 Å². The van der Waals surface area contributed by atoms with Crippen molar-refractivity contribution in [2.75, 3.05) is 6.16 Å². The Morgan fingerprint density at radius 1 is 0.462 bits per heavy atom. The van der Waals surface area contributed by atoms with E-state index in [0.717, 1.165) is 0 Å². The molecule has 3 aromatic carbocycles. The molecule has 0 nitrogen and oxygen atoms in total. The molecule has 0 aliphatic rings. The van der Waals surface area contributed by atoms with E-state index in [1.54, 1.807) is 0 Å². The molecule has 0 saturated heterocycles. The summed E-state index contributed by atoms with van der Waals surface area (Å²) in [6, 6.07) is 33.0. The van der Waals surface area contributed by atoms with Gasteiger partial charge in [-0.25, -0.2) is 0 Å². The van der Waals surface area contributed by atoms with Crippen LogP contribution in [0.1, 0.15) is 37.7 Å². The predicted molar refractivity (Wildman–Crippen MR) is 117 cm³/mol. The Morgan fingerprint density at radius 3 is 1.50 bits per heavy atom. The molecule has 0 bridgehead atoms. The van der Waals surface area contributed by atoms with E-state index < -0.39 is 0 Å². The molecule has 134 valence electrons. The first kappa shape index (κ1) is 18.9. The van der Waals surface area contributed by atoms with Crippen molar-refractivity contribution >= 4 is 18.5 Å². The molecular weight excluding hydrogens is 331 g/mol. The molecule has 0 atom stereocenters. The second kappa shape index (κ2) is 10.9. The third-order valence-electron chi connectivity index (χ3n) is 4.83. The van der Waals surface area contributed by atoms with Crippen LogP contribution in [0.2, 0.25) is 0 Å². The number of unbranched alkanes of at least 4 members (excludes halogenated alkanes) is 4. The van der Waals surface area contributed by atoms with Crippen molar-refractivity contribution in [3.8, 4) is 0 Å². The highest BCUT2D eigenvalue weighted by Gasteiger charge is 2.12. The summed E-state index contributed by atoms with van der Waals surface area (Å²) in [6.07, 6.45) is 9.25. The van der Waals surface area contributed by atoms with Gasteiger partial charge < -0.3 is 0 Å². The topological polar surface area (TPSA) is 0 Å². The van der Waals surface area contributed by atoms with Gasteiger partial charge in [0, 0.05) is 0 Å². The van der Waals surface area contributed by atoms with Crippen LogP contribution in [0.5, 0.6) is 0 Å². The SMILES string of the molecule is c1ccc(CCCCCCCP(c2ccccc2)c2ccccc2)cc1. The minimum atomic E-state index is -0.212. The molecule has 3 aromatic rings. The maximum absolute atomic E-state index is 2.30. The van der Waals surface area contributed by atoms with Crippen molar-refractivity contribution < 1.29 is 0 Å². The van der Waals surface area contributed by atoms with E-state index in [9.17, 15) is 0 Å².